The second kappa shape index (κ2) is 14.3. The summed E-state index contributed by atoms with van der Waals surface area (Å²) in [7, 11) is 0. The molecule has 0 saturated carbocycles. The summed E-state index contributed by atoms with van der Waals surface area (Å²) in [6.45, 7) is 0. The molecule has 10 aromatic rings. The van der Waals surface area contributed by atoms with Gasteiger partial charge in [-0.25, -0.2) is 19.9 Å². The number of fused-ring (bicyclic) bond motifs is 3. The van der Waals surface area contributed by atoms with Crippen LogP contribution in [0.15, 0.2) is 206 Å². The van der Waals surface area contributed by atoms with Crippen LogP contribution in [0.4, 0.5) is 0 Å². The number of hydrogen-bond donors (Lipinski definition) is 0. The lowest BCUT2D eigenvalue weighted by Gasteiger charge is -2.16. The number of nitrogens with zero attached hydrogens (tertiary/aromatic N) is 4. The standard InChI is InChI=1S/C52H34N4/c1-6-18-35(19-7-1)40-30-41(36-20-8-2-9-21-36)32-42(31-40)51-54-50(39-26-14-5-15-27-39)55-52(56-51)46-34-48-49(44-29-17-16-28-43(44)46)45(37-22-10-3-11-23-37)33-47(53-48)38-24-12-4-13-25-38/h1-34H. The van der Waals surface area contributed by atoms with Gasteiger partial charge in [0.15, 0.2) is 17.5 Å². The zero-order valence-corrected chi connectivity index (χ0v) is 30.4. The molecule has 10 rings (SSSR count). The van der Waals surface area contributed by atoms with Crippen molar-refractivity contribution in [2.45, 2.75) is 0 Å². The summed E-state index contributed by atoms with van der Waals surface area (Å²) >= 11 is 0. The van der Waals surface area contributed by atoms with Crippen molar-refractivity contribution in [3.8, 4) is 78.8 Å². The van der Waals surface area contributed by atoms with Crippen LogP contribution in [0.5, 0.6) is 0 Å². The number of benzene rings is 8. The molecule has 2 heterocycles. The van der Waals surface area contributed by atoms with Gasteiger partial charge in [0.1, 0.15) is 0 Å². The van der Waals surface area contributed by atoms with E-state index in [1.165, 1.54) is 0 Å². The minimum atomic E-state index is 0.589. The van der Waals surface area contributed by atoms with Crippen molar-refractivity contribution in [1.29, 1.82) is 0 Å². The molecule has 0 amide bonds. The average molecular weight is 715 g/mol. The Morgan fingerprint density at radius 3 is 1.25 bits per heavy atom. The van der Waals surface area contributed by atoms with Gasteiger partial charge in [0.05, 0.1) is 11.2 Å². The highest BCUT2D eigenvalue weighted by molar-refractivity contribution is 6.18. The lowest BCUT2D eigenvalue weighted by atomic mass is 9.92. The Bertz CT molecular complexity index is 2930. The highest BCUT2D eigenvalue weighted by atomic mass is 15.0. The summed E-state index contributed by atoms with van der Waals surface area (Å²) in [4.78, 5) is 21.1. The van der Waals surface area contributed by atoms with Crippen molar-refractivity contribution in [3.05, 3.63) is 206 Å². The lowest BCUT2D eigenvalue weighted by Crippen LogP contribution is -2.01. The van der Waals surface area contributed by atoms with Crippen molar-refractivity contribution < 1.29 is 0 Å². The number of pyridine rings is 1. The van der Waals surface area contributed by atoms with Crippen LogP contribution < -0.4 is 0 Å². The van der Waals surface area contributed by atoms with Gasteiger partial charge in [0, 0.05) is 27.6 Å². The van der Waals surface area contributed by atoms with Gasteiger partial charge in [-0.15, -0.1) is 0 Å². The molecule has 0 atom stereocenters. The van der Waals surface area contributed by atoms with Crippen molar-refractivity contribution in [3.63, 3.8) is 0 Å². The Labute approximate surface area is 325 Å². The summed E-state index contributed by atoms with van der Waals surface area (Å²) in [5, 5.41) is 3.23. The predicted octanol–water partition coefficient (Wildman–Crippen LogP) is 13.2. The molecular weight excluding hydrogens is 681 g/mol. The van der Waals surface area contributed by atoms with E-state index in [0.717, 1.165) is 83.0 Å². The highest BCUT2D eigenvalue weighted by Gasteiger charge is 2.20. The molecule has 8 aromatic carbocycles. The normalized spacial score (nSPS) is 11.2. The summed E-state index contributed by atoms with van der Waals surface area (Å²) in [6.07, 6.45) is 0. The van der Waals surface area contributed by atoms with E-state index >= 15 is 0 Å². The van der Waals surface area contributed by atoms with Crippen molar-refractivity contribution in [1.82, 2.24) is 19.9 Å². The van der Waals surface area contributed by atoms with Crippen LogP contribution in [0.1, 0.15) is 0 Å². The Balaban J connectivity index is 1.25. The maximum atomic E-state index is 5.35. The second-order valence-corrected chi connectivity index (χ2v) is 13.9. The summed E-state index contributed by atoms with van der Waals surface area (Å²) in [6, 6.07) is 71.6. The third-order valence-electron chi connectivity index (χ3n) is 10.3. The minimum absolute atomic E-state index is 0.589. The molecule has 4 heteroatoms. The molecule has 0 aliphatic rings. The van der Waals surface area contributed by atoms with Crippen LogP contribution in [0.2, 0.25) is 0 Å². The van der Waals surface area contributed by atoms with Crippen LogP contribution >= 0.6 is 0 Å². The molecule has 0 aliphatic carbocycles. The third-order valence-corrected chi connectivity index (χ3v) is 10.3. The first-order valence-corrected chi connectivity index (χ1v) is 18.8. The van der Waals surface area contributed by atoms with Gasteiger partial charge < -0.3 is 0 Å². The van der Waals surface area contributed by atoms with Gasteiger partial charge in [-0.3, -0.25) is 0 Å². The highest BCUT2D eigenvalue weighted by Crippen LogP contribution is 2.41. The molecule has 0 spiro atoms. The van der Waals surface area contributed by atoms with Crippen LogP contribution in [0, 0.1) is 0 Å². The molecule has 0 saturated heterocycles. The van der Waals surface area contributed by atoms with Gasteiger partial charge >= 0.3 is 0 Å². The quantitative estimate of drug-likeness (QED) is 0.154. The average Bonchev–Trinajstić information content (AvgIpc) is 3.29. The first-order valence-electron chi connectivity index (χ1n) is 18.8. The molecule has 4 nitrogen and oxygen atoms in total. The molecule has 0 unspecified atom stereocenters. The third kappa shape index (κ3) is 6.29. The van der Waals surface area contributed by atoms with E-state index in [9.17, 15) is 0 Å². The fourth-order valence-electron chi connectivity index (χ4n) is 7.58. The van der Waals surface area contributed by atoms with Crippen molar-refractivity contribution in [2.75, 3.05) is 0 Å². The molecule has 0 N–H and O–H groups in total. The SMILES string of the molecule is c1ccc(-c2cc(-c3ccccc3)cc(-c3nc(-c4ccccc4)nc(-c4cc5nc(-c6ccccc6)cc(-c6ccccc6)c5c5ccccc45)n3)c2)cc1. The largest absolute Gasteiger partial charge is 0.248 e. The van der Waals surface area contributed by atoms with E-state index in [0.29, 0.717) is 17.5 Å². The van der Waals surface area contributed by atoms with E-state index < -0.39 is 0 Å². The fourth-order valence-corrected chi connectivity index (χ4v) is 7.58. The monoisotopic (exact) mass is 714 g/mol. The molecular formula is C52H34N4. The van der Waals surface area contributed by atoms with Crippen LogP contribution in [0.25, 0.3) is 100 Å². The van der Waals surface area contributed by atoms with Gasteiger partial charge in [-0.1, -0.05) is 176 Å². The van der Waals surface area contributed by atoms with Gasteiger partial charge in [0.2, 0.25) is 0 Å². The van der Waals surface area contributed by atoms with Crippen molar-refractivity contribution >= 4 is 21.7 Å². The fraction of sp³-hybridized carbons (Fsp3) is 0. The van der Waals surface area contributed by atoms with Gasteiger partial charge in [0.25, 0.3) is 0 Å². The summed E-state index contributed by atoms with van der Waals surface area (Å²) < 4.78 is 0. The number of hydrogen-bond acceptors (Lipinski definition) is 4. The van der Waals surface area contributed by atoms with E-state index in [2.05, 4.69) is 170 Å². The summed E-state index contributed by atoms with van der Waals surface area (Å²) in [5.41, 5.74) is 12.3. The van der Waals surface area contributed by atoms with Crippen LogP contribution in [-0.4, -0.2) is 19.9 Å². The number of rotatable bonds is 7. The van der Waals surface area contributed by atoms with E-state index in [1.54, 1.807) is 0 Å². The minimum Gasteiger partial charge on any atom is -0.248 e. The molecule has 0 fully saturated rings. The maximum absolute atomic E-state index is 5.35. The smallest absolute Gasteiger partial charge is 0.164 e. The first kappa shape index (κ1) is 33.0. The van der Waals surface area contributed by atoms with Crippen molar-refractivity contribution in [2.24, 2.45) is 0 Å². The molecule has 262 valence electrons. The Morgan fingerprint density at radius 2 is 0.679 bits per heavy atom. The summed E-state index contributed by atoms with van der Waals surface area (Å²) in [5.74, 6) is 1.80. The second-order valence-electron chi connectivity index (χ2n) is 13.9. The predicted molar refractivity (Wildman–Crippen MR) is 231 cm³/mol. The first-order chi connectivity index (χ1) is 27.7. The molecule has 2 aromatic heterocycles. The molecule has 0 radical (unpaired) electrons. The maximum Gasteiger partial charge on any atom is 0.164 e. The topological polar surface area (TPSA) is 51.6 Å². The van der Waals surface area contributed by atoms with Gasteiger partial charge in [-0.05, 0) is 74.5 Å². The van der Waals surface area contributed by atoms with E-state index in [-0.39, 0.29) is 0 Å². The van der Waals surface area contributed by atoms with Gasteiger partial charge in [-0.2, -0.15) is 0 Å². The zero-order chi connectivity index (χ0) is 37.3. The van der Waals surface area contributed by atoms with Crippen LogP contribution in [-0.2, 0) is 0 Å². The van der Waals surface area contributed by atoms with E-state index in [1.807, 2.05) is 36.4 Å². The Kier molecular flexibility index (Phi) is 8.47. The molecule has 0 bridgehead atoms. The lowest BCUT2D eigenvalue weighted by molar-refractivity contribution is 1.08. The van der Waals surface area contributed by atoms with E-state index in [4.69, 9.17) is 19.9 Å². The zero-order valence-electron chi connectivity index (χ0n) is 30.4. The number of aromatic nitrogens is 4. The Hall–Kier alpha value is -7.56. The Morgan fingerprint density at radius 1 is 0.250 bits per heavy atom. The molecule has 56 heavy (non-hydrogen) atoms. The van der Waals surface area contributed by atoms with Crippen LogP contribution in [0.3, 0.4) is 0 Å². The molecule has 0 aliphatic heterocycles.